The molecule has 20 heavy (non-hydrogen) atoms. The van der Waals surface area contributed by atoms with Gasteiger partial charge in [-0.25, -0.2) is 8.78 Å². The van der Waals surface area contributed by atoms with Gasteiger partial charge in [0.1, 0.15) is 0 Å². The molecule has 3 atom stereocenters. The molecule has 3 rings (SSSR count). The van der Waals surface area contributed by atoms with Crippen LogP contribution in [0.5, 0.6) is 0 Å². The Hall–Kier alpha value is -1.98. The molecule has 6 heteroatoms. The summed E-state index contributed by atoms with van der Waals surface area (Å²) in [5, 5.41) is 8.91. The Morgan fingerprint density at radius 1 is 1.40 bits per heavy atom. The van der Waals surface area contributed by atoms with E-state index in [1.165, 1.54) is 17.0 Å². The first-order valence-electron chi connectivity index (χ1n) is 6.44. The van der Waals surface area contributed by atoms with Crippen LogP contribution in [0.4, 0.5) is 8.78 Å². The molecule has 106 valence electrons. The number of benzene rings is 1. The first kappa shape index (κ1) is 13.0. The van der Waals surface area contributed by atoms with Crippen LogP contribution in [0.15, 0.2) is 18.2 Å². The molecule has 0 radical (unpaired) electrons. The summed E-state index contributed by atoms with van der Waals surface area (Å²) in [6, 6.07) is 3.39. The number of halogens is 2. The number of amides is 1. The summed E-state index contributed by atoms with van der Waals surface area (Å²) in [6.07, 6.45) is 0.558. The van der Waals surface area contributed by atoms with Crippen molar-refractivity contribution in [1.29, 1.82) is 0 Å². The maximum Gasteiger partial charge on any atom is 0.305 e. The van der Waals surface area contributed by atoms with E-state index in [1.54, 1.807) is 0 Å². The fourth-order valence-corrected chi connectivity index (χ4v) is 3.02. The Bertz CT molecular complexity index is 590. The molecule has 3 unspecified atom stereocenters. The highest BCUT2D eigenvalue weighted by atomic mass is 19.2. The van der Waals surface area contributed by atoms with E-state index in [2.05, 4.69) is 0 Å². The first-order chi connectivity index (χ1) is 9.49. The molecule has 0 aromatic heterocycles. The molecule has 1 aromatic rings. The summed E-state index contributed by atoms with van der Waals surface area (Å²) < 4.78 is 26.8. The Labute approximate surface area is 114 Å². The predicted molar refractivity (Wildman–Crippen MR) is 64.5 cm³/mol. The van der Waals surface area contributed by atoms with Crippen molar-refractivity contribution in [3.8, 4) is 0 Å². The number of fused-ring (bicyclic) bond motifs is 1. The molecular formula is C14H13F2NO3. The summed E-state index contributed by atoms with van der Waals surface area (Å²) in [7, 11) is 0. The number of rotatable bonds is 4. The van der Waals surface area contributed by atoms with Crippen molar-refractivity contribution in [3.05, 3.63) is 35.4 Å². The van der Waals surface area contributed by atoms with Crippen molar-refractivity contribution in [2.45, 2.75) is 25.4 Å². The summed E-state index contributed by atoms with van der Waals surface area (Å²) >= 11 is 0. The molecule has 1 aromatic carbocycles. The quantitative estimate of drug-likeness (QED) is 0.915. The molecule has 0 bridgehead atoms. The normalized spacial score (nSPS) is 27.6. The van der Waals surface area contributed by atoms with E-state index in [0.29, 0.717) is 6.42 Å². The highest BCUT2D eigenvalue weighted by Crippen LogP contribution is 2.51. The zero-order chi connectivity index (χ0) is 14.4. The maximum absolute atomic E-state index is 13.7. The summed E-state index contributed by atoms with van der Waals surface area (Å²) in [5.74, 6) is -3.15. The van der Waals surface area contributed by atoms with Gasteiger partial charge in [-0.1, -0.05) is 12.1 Å². The van der Waals surface area contributed by atoms with Crippen molar-refractivity contribution in [1.82, 2.24) is 4.90 Å². The number of hydrogen-bond acceptors (Lipinski definition) is 2. The zero-order valence-corrected chi connectivity index (χ0v) is 10.6. The lowest BCUT2D eigenvalue weighted by atomic mass is 10.1. The summed E-state index contributed by atoms with van der Waals surface area (Å²) in [5.41, 5.74) is 0.0787. The lowest BCUT2D eigenvalue weighted by Crippen LogP contribution is -2.37. The molecule has 1 aliphatic heterocycles. The van der Waals surface area contributed by atoms with Crippen LogP contribution in [0.2, 0.25) is 0 Å². The van der Waals surface area contributed by atoms with Crippen LogP contribution in [0.25, 0.3) is 0 Å². The number of carbonyl (C=O) groups excluding carboxylic acids is 1. The fraction of sp³-hybridized carbons (Fsp3) is 0.429. The predicted octanol–water partition coefficient (Wildman–Crippen LogP) is 1.79. The summed E-state index contributed by atoms with van der Waals surface area (Å²) in [4.78, 5) is 24.3. The van der Waals surface area contributed by atoms with Gasteiger partial charge in [-0.2, -0.15) is 0 Å². The van der Waals surface area contributed by atoms with Crippen LogP contribution in [0.1, 0.15) is 18.4 Å². The first-order valence-corrected chi connectivity index (χ1v) is 6.44. The number of carboxylic acid groups (broad SMARTS) is 1. The summed E-state index contributed by atoms with van der Waals surface area (Å²) in [6.45, 7) is -0.0760. The number of aliphatic carboxylic acids is 1. The third-order valence-electron chi connectivity index (χ3n) is 4.09. The highest BCUT2D eigenvalue weighted by molar-refractivity contribution is 5.86. The molecule has 1 aliphatic carbocycles. The van der Waals surface area contributed by atoms with Gasteiger partial charge < -0.3 is 10.0 Å². The largest absolute Gasteiger partial charge is 0.481 e. The van der Waals surface area contributed by atoms with E-state index in [1.807, 2.05) is 0 Å². The number of carboxylic acids is 1. The Balaban J connectivity index is 1.83. The Morgan fingerprint density at radius 2 is 2.15 bits per heavy atom. The third kappa shape index (κ3) is 2.05. The van der Waals surface area contributed by atoms with Gasteiger partial charge in [0.05, 0.1) is 6.42 Å². The third-order valence-corrected chi connectivity index (χ3v) is 4.09. The molecule has 2 aliphatic rings. The zero-order valence-electron chi connectivity index (χ0n) is 10.6. The average molecular weight is 281 g/mol. The second kappa shape index (κ2) is 4.54. The van der Waals surface area contributed by atoms with E-state index in [0.717, 1.165) is 6.07 Å². The standard InChI is InChI=1S/C14H13F2NO3/c15-10-3-1-2-7(13(10)16)6-17-11(5-12(18)19)8-4-9(8)14(17)20/h1-3,8-9,11H,4-6H2,(H,18,19). The Morgan fingerprint density at radius 3 is 2.85 bits per heavy atom. The van der Waals surface area contributed by atoms with E-state index in [-0.39, 0.29) is 36.3 Å². The van der Waals surface area contributed by atoms with Crippen LogP contribution in [-0.2, 0) is 16.1 Å². The number of carbonyl (C=O) groups is 2. The van der Waals surface area contributed by atoms with E-state index >= 15 is 0 Å². The molecule has 1 amide bonds. The number of hydrogen-bond donors (Lipinski definition) is 1. The highest BCUT2D eigenvalue weighted by Gasteiger charge is 2.58. The van der Waals surface area contributed by atoms with E-state index in [4.69, 9.17) is 5.11 Å². The number of likely N-dealkylation sites (tertiary alicyclic amines) is 1. The van der Waals surface area contributed by atoms with Crippen LogP contribution >= 0.6 is 0 Å². The minimum absolute atomic E-state index is 0.0511. The van der Waals surface area contributed by atoms with Crippen molar-refractivity contribution in [2.75, 3.05) is 0 Å². The molecular weight excluding hydrogens is 268 g/mol. The molecule has 1 N–H and O–H groups in total. The second-order valence-electron chi connectivity index (χ2n) is 5.35. The fourth-order valence-electron chi connectivity index (χ4n) is 3.02. The minimum Gasteiger partial charge on any atom is -0.481 e. The van der Waals surface area contributed by atoms with Gasteiger partial charge in [-0.3, -0.25) is 9.59 Å². The van der Waals surface area contributed by atoms with Crippen molar-refractivity contribution >= 4 is 11.9 Å². The van der Waals surface area contributed by atoms with E-state index in [9.17, 15) is 18.4 Å². The van der Waals surface area contributed by atoms with Crippen molar-refractivity contribution in [3.63, 3.8) is 0 Å². The van der Waals surface area contributed by atoms with Gasteiger partial charge in [-0.05, 0) is 18.4 Å². The second-order valence-corrected chi connectivity index (χ2v) is 5.35. The smallest absolute Gasteiger partial charge is 0.305 e. The molecule has 1 saturated heterocycles. The van der Waals surface area contributed by atoms with Gasteiger partial charge in [0.25, 0.3) is 0 Å². The molecule has 1 saturated carbocycles. The maximum atomic E-state index is 13.7. The minimum atomic E-state index is -0.986. The van der Waals surface area contributed by atoms with Crippen molar-refractivity contribution < 1.29 is 23.5 Å². The van der Waals surface area contributed by atoms with Gasteiger partial charge in [-0.15, -0.1) is 0 Å². The van der Waals surface area contributed by atoms with Gasteiger partial charge in [0, 0.05) is 24.1 Å². The van der Waals surface area contributed by atoms with E-state index < -0.39 is 23.6 Å². The topological polar surface area (TPSA) is 57.6 Å². The molecule has 1 heterocycles. The molecule has 0 spiro atoms. The van der Waals surface area contributed by atoms with Crippen LogP contribution in [-0.4, -0.2) is 27.9 Å². The molecule has 4 nitrogen and oxygen atoms in total. The van der Waals surface area contributed by atoms with Gasteiger partial charge in [0.2, 0.25) is 5.91 Å². The number of piperidine rings is 1. The number of nitrogens with zero attached hydrogens (tertiary/aromatic N) is 1. The van der Waals surface area contributed by atoms with Gasteiger partial charge in [0.15, 0.2) is 11.6 Å². The Kier molecular flexibility index (Phi) is 2.96. The molecule has 2 fully saturated rings. The average Bonchev–Trinajstić information content (AvgIpc) is 3.13. The van der Waals surface area contributed by atoms with Crippen molar-refractivity contribution in [2.24, 2.45) is 11.8 Å². The van der Waals surface area contributed by atoms with Gasteiger partial charge >= 0.3 is 5.97 Å². The van der Waals surface area contributed by atoms with Crippen LogP contribution in [0.3, 0.4) is 0 Å². The monoisotopic (exact) mass is 281 g/mol. The lowest BCUT2D eigenvalue weighted by Gasteiger charge is -2.26. The van der Waals surface area contributed by atoms with Crippen LogP contribution < -0.4 is 0 Å². The lowest BCUT2D eigenvalue weighted by molar-refractivity contribution is -0.140. The SMILES string of the molecule is O=C(O)CC1C2CC2C(=O)N1Cc1cccc(F)c1F. The van der Waals surface area contributed by atoms with Crippen LogP contribution in [0, 0.1) is 23.5 Å².